The van der Waals surface area contributed by atoms with Crippen LogP contribution in [-0.2, 0) is 29.7 Å². The topological polar surface area (TPSA) is 44.3 Å². The van der Waals surface area contributed by atoms with Crippen LogP contribution in [0.25, 0.3) is 11.0 Å². The first kappa shape index (κ1) is 23.3. The highest BCUT2D eigenvalue weighted by Crippen LogP contribution is 2.35. The molecular formula is C28H37N2O3+. The number of hydrogen-bond donors (Lipinski definition) is 0. The Hall–Kier alpha value is -2.82. The van der Waals surface area contributed by atoms with E-state index in [0.717, 1.165) is 35.4 Å². The van der Waals surface area contributed by atoms with Gasteiger partial charge in [-0.25, -0.2) is 13.9 Å². The summed E-state index contributed by atoms with van der Waals surface area (Å²) in [4.78, 5) is 13.2. The lowest BCUT2D eigenvalue weighted by molar-refractivity contribution is -0.655. The van der Waals surface area contributed by atoms with Crippen LogP contribution in [0.4, 0.5) is 0 Å². The number of carbonyl (C=O) groups is 1. The number of para-hydroxylation sites is 2. The predicted molar refractivity (Wildman–Crippen MR) is 130 cm³/mol. The number of rotatable bonds is 7. The second-order valence-electron chi connectivity index (χ2n) is 10.0. The molecule has 0 aliphatic heterocycles. The molecule has 1 aliphatic rings. The van der Waals surface area contributed by atoms with E-state index in [1.54, 1.807) is 0 Å². The molecule has 5 heteroatoms. The number of aromatic nitrogens is 2. The highest BCUT2D eigenvalue weighted by Gasteiger charge is 2.34. The van der Waals surface area contributed by atoms with Crippen molar-refractivity contribution >= 4 is 17.0 Å². The molecular weight excluding hydrogens is 412 g/mol. The maximum atomic E-state index is 13.2. The monoisotopic (exact) mass is 449 g/mol. The zero-order valence-corrected chi connectivity index (χ0v) is 20.6. The lowest BCUT2D eigenvalue weighted by Gasteiger charge is -2.36. The van der Waals surface area contributed by atoms with Crippen LogP contribution < -0.4 is 9.30 Å². The molecule has 2 aromatic carbocycles. The Morgan fingerprint density at radius 3 is 2.58 bits per heavy atom. The Labute approximate surface area is 197 Å². The average Bonchev–Trinajstić information content (AvgIpc) is 3.04. The Bertz CT molecular complexity index is 1100. The highest BCUT2D eigenvalue weighted by atomic mass is 16.5. The van der Waals surface area contributed by atoms with Gasteiger partial charge in [-0.05, 0) is 61.8 Å². The minimum Gasteiger partial charge on any atom is -0.481 e. The van der Waals surface area contributed by atoms with Gasteiger partial charge in [0.1, 0.15) is 11.9 Å². The van der Waals surface area contributed by atoms with E-state index in [-0.39, 0.29) is 18.6 Å². The second kappa shape index (κ2) is 9.98. The number of fused-ring (bicyclic) bond motifs is 1. The quantitative estimate of drug-likeness (QED) is 0.360. The van der Waals surface area contributed by atoms with Crippen LogP contribution in [0.1, 0.15) is 51.4 Å². The third kappa shape index (κ3) is 5.23. The van der Waals surface area contributed by atoms with Gasteiger partial charge in [0, 0.05) is 0 Å². The first-order valence-corrected chi connectivity index (χ1v) is 12.2. The van der Waals surface area contributed by atoms with Crippen molar-refractivity contribution in [2.24, 2.45) is 24.8 Å². The lowest BCUT2D eigenvalue weighted by atomic mass is 9.75. The summed E-state index contributed by atoms with van der Waals surface area (Å²) in [5.74, 6) is 3.13. The van der Waals surface area contributed by atoms with E-state index in [9.17, 15) is 4.79 Å². The lowest BCUT2D eigenvalue weighted by Crippen LogP contribution is -2.37. The summed E-state index contributed by atoms with van der Waals surface area (Å²) in [6.07, 6.45) is 3.31. The summed E-state index contributed by atoms with van der Waals surface area (Å²) in [7, 11) is 2.02. The molecule has 0 radical (unpaired) electrons. The SMILES string of the molecule is Cc1ccc(OCc2n(CC(=O)O[C@@H]3C[C@@H](C)CC[C@@H]3C(C)C)c3ccccc3[n+]2C)cc1. The number of imidazole rings is 1. The average molecular weight is 450 g/mol. The van der Waals surface area contributed by atoms with Crippen LogP contribution in [0.3, 0.4) is 0 Å². The molecule has 1 fully saturated rings. The van der Waals surface area contributed by atoms with Crippen LogP contribution >= 0.6 is 0 Å². The molecule has 0 amide bonds. The van der Waals surface area contributed by atoms with Gasteiger partial charge >= 0.3 is 5.97 Å². The number of esters is 1. The molecule has 0 bridgehead atoms. The zero-order chi connectivity index (χ0) is 23.5. The summed E-state index contributed by atoms with van der Waals surface area (Å²) in [6, 6.07) is 16.2. The Kier molecular flexibility index (Phi) is 7.06. The van der Waals surface area contributed by atoms with Gasteiger partial charge in [-0.1, -0.05) is 57.0 Å². The molecule has 1 heterocycles. The zero-order valence-electron chi connectivity index (χ0n) is 20.6. The third-order valence-corrected chi connectivity index (χ3v) is 7.15. The summed E-state index contributed by atoms with van der Waals surface area (Å²) in [5.41, 5.74) is 3.28. The molecule has 1 saturated carbocycles. The van der Waals surface area contributed by atoms with Crippen LogP contribution in [0.15, 0.2) is 48.5 Å². The maximum Gasteiger partial charge on any atom is 0.348 e. The summed E-state index contributed by atoms with van der Waals surface area (Å²) in [6.45, 7) is 9.35. The predicted octanol–water partition coefficient (Wildman–Crippen LogP) is 5.36. The molecule has 0 spiro atoms. The summed E-state index contributed by atoms with van der Waals surface area (Å²) < 4.78 is 16.4. The van der Waals surface area contributed by atoms with E-state index in [2.05, 4.69) is 44.4 Å². The molecule has 176 valence electrons. The Balaban J connectivity index is 1.56. The van der Waals surface area contributed by atoms with Crippen molar-refractivity contribution in [3.8, 4) is 5.75 Å². The molecule has 0 N–H and O–H groups in total. The summed E-state index contributed by atoms with van der Waals surface area (Å²) in [5, 5.41) is 0. The number of ether oxygens (including phenoxy) is 2. The van der Waals surface area contributed by atoms with E-state index in [1.165, 1.54) is 12.0 Å². The molecule has 1 aromatic heterocycles. The highest BCUT2D eigenvalue weighted by molar-refractivity contribution is 5.76. The standard InChI is InChI=1S/C28H37N2O3/c1-19(2)23-15-12-21(4)16-26(23)33-28(31)17-30-25-9-7-6-8-24(25)29(5)27(30)18-32-22-13-10-20(3)11-14-22/h6-11,13-14,19,21,23,26H,12,15-18H2,1-5H3/q+1/t21-,23+,26+/m0/s1. The second-order valence-corrected chi connectivity index (χ2v) is 10.0. The largest absolute Gasteiger partial charge is 0.481 e. The van der Waals surface area contributed by atoms with Crippen LogP contribution in [0.2, 0.25) is 0 Å². The van der Waals surface area contributed by atoms with E-state index >= 15 is 0 Å². The number of benzene rings is 2. The normalized spacial score (nSPS) is 20.8. The van der Waals surface area contributed by atoms with Crippen molar-refractivity contribution in [1.82, 2.24) is 4.57 Å². The number of carbonyl (C=O) groups excluding carboxylic acids is 1. The smallest absolute Gasteiger partial charge is 0.348 e. The van der Waals surface area contributed by atoms with Gasteiger partial charge in [0.05, 0.1) is 7.05 Å². The third-order valence-electron chi connectivity index (χ3n) is 7.15. The molecule has 0 saturated heterocycles. The van der Waals surface area contributed by atoms with Gasteiger partial charge in [0.2, 0.25) is 0 Å². The van der Waals surface area contributed by atoms with Gasteiger partial charge in [-0.15, -0.1) is 0 Å². The van der Waals surface area contributed by atoms with Crippen molar-refractivity contribution in [2.75, 3.05) is 0 Å². The van der Waals surface area contributed by atoms with Gasteiger partial charge in [0.25, 0.3) is 5.82 Å². The first-order valence-electron chi connectivity index (χ1n) is 12.2. The maximum absolute atomic E-state index is 13.2. The minimum absolute atomic E-state index is 0.00378. The van der Waals surface area contributed by atoms with Crippen molar-refractivity contribution in [3.05, 3.63) is 59.9 Å². The fraction of sp³-hybridized carbons (Fsp3) is 0.500. The fourth-order valence-corrected chi connectivity index (χ4v) is 5.15. The molecule has 0 unspecified atom stereocenters. The molecule has 4 rings (SSSR count). The van der Waals surface area contributed by atoms with Crippen molar-refractivity contribution < 1.29 is 18.8 Å². The van der Waals surface area contributed by atoms with Gasteiger partial charge < -0.3 is 9.47 Å². The minimum atomic E-state index is -0.169. The van der Waals surface area contributed by atoms with E-state index < -0.39 is 0 Å². The van der Waals surface area contributed by atoms with Gasteiger partial charge in [-0.2, -0.15) is 0 Å². The molecule has 5 nitrogen and oxygen atoms in total. The number of nitrogens with zero attached hydrogens (tertiary/aromatic N) is 2. The number of hydrogen-bond acceptors (Lipinski definition) is 3. The van der Waals surface area contributed by atoms with Crippen molar-refractivity contribution in [1.29, 1.82) is 0 Å². The van der Waals surface area contributed by atoms with Crippen LogP contribution in [-0.4, -0.2) is 16.6 Å². The number of aryl methyl sites for hydroxylation is 2. The van der Waals surface area contributed by atoms with Crippen LogP contribution in [0, 0.1) is 24.7 Å². The van der Waals surface area contributed by atoms with E-state index in [1.807, 2.05) is 48.0 Å². The Morgan fingerprint density at radius 1 is 1.12 bits per heavy atom. The molecule has 3 aromatic rings. The Morgan fingerprint density at radius 2 is 1.85 bits per heavy atom. The van der Waals surface area contributed by atoms with Gasteiger partial charge in [-0.3, -0.25) is 0 Å². The van der Waals surface area contributed by atoms with Gasteiger partial charge in [0.15, 0.2) is 24.2 Å². The first-order chi connectivity index (χ1) is 15.8. The molecule has 3 atom stereocenters. The van der Waals surface area contributed by atoms with Crippen LogP contribution in [0.5, 0.6) is 5.75 Å². The van der Waals surface area contributed by atoms with Crippen molar-refractivity contribution in [2.45, 2.75) is 66.2 Å². The van der Waals surface area contributed by atoms with E-state index in [4.69, 9.17) is 9.47 Å². The molecule has 33 heavy (non-hydrogen) atoms. The van der Waals surface area contributed by atoms with Crippen molar-refractivity contribution in [3.63, 3.8) is 0 Å². The molecule has 1 aliphatic carbocycles. The fourth-order valence-electron chi connectivity index (χ4n) is 5.15. The summed E-state index contributed by atoms with van der Waals surface area (Å²) >= 11 is 0. The van der Waals surface area contributed by atoms with E-state index in [0.29, 0.717) is 24.4 Å².